The largest absolute Gasteiger partial charge is 0.392 e. The Labute approximate surface area is 70.6 Å². The molecule has 0 fully saturated rings. The summed E-state index contributed by atoms with van der Waals surface area (Å²) in [5.74, 6) is 0. The zero-order chi connectivity index (χ0) is 8.81. The van der Waals surface area contributed by atoms with Gasteiger partial charge in [0.2, 0.25) is 0 Å². The number of aliphatic hydroxyl groups is 1. The molecule has 60 valence electrons. The van der Waals surface area contributed by atoms with E-state index in [4.69, 9.17) is 10.4 Å². The Bertz CT molecular complexity index is 326. The van der Waals surface area contributed by atoms with Crippen molar-refractivity contribution in [3.8, 4) is 6.07 Å². The van der Waals surface area contributed by atoms with Crippen LogP contribution in [0, 0.1) is 11.3 Å². The normalized spacial score (nSPS) is 10.0. The highest BCUT2D eigenvalue weighted by atomic mass is 16.2. The van der Waals surface area contributed by atoms with E-state index in [2.05, 4.69) is 4.98 Å². The SMILES string of the molecule is N#Cc1ccnc(C=CCO)c1. The first-order chi connectivity index (χ1) is 5.86. The van der Waals surface area contributed by atoms with Gasteiger partial charge in [-0.15, -0.1) is 0 Å². The standard InChI is InChI=1S/C9H8N2O/c10-7-8-3-4-11-9(6-8)2-1-5-12/h1-4,6,12H,5H2. The molecule has 1 heterocycles. The van der Waals surface area contributed by atoms with Crippen LogP contribution in [0.5, 0.6) is 0 Å². The van der Waals surface area contributed by atoms with Crippen molar-refractivity contribution in [2.75, 3.05) is 6.61 Å². The maximum absolute atomic E-state index is 8.54. The van der Waals surface area contributed by atoms with Gasteiger partial charge < -0.3 is 5.11 Å². The van der Waals surface area contributed by atoms with Crippen molar-refractivity contribution in [3.05, 3.63) is 35.7 Å². The number of nitriles is 1. The third-order valence-corrected chi connectivity index (χ3v) is 1.30. The molecule has 0 bridgehead atoms. The molecule has 12 heavy (non-hydrogen) atoms. The predicted molar refractivity (Wildman–Crippen MR) is 45.1 cm³/mol. The lowest BCUT2D eigenvalue weighted by Crippen LogP contribution is -1.82. The number of pyridine rings is 1. The van der Waals surface area contributed by atoms with E-state index in [-0.39, 0.29) is 6.61 Å². The van der Waals surface area contributed by atoms with Crippen LogP contribution >= 0.6 is 0 Å². The van der Waals surface area contributed by atoms with Gasteiger partial charge in [0.1, 0.15) is 0 Å². The Morgan fingerprint density at radius 1 is 1.67 bits per heavy atom. The number of rotatable bonds is 2. The molecule has 0 radical (unpaired) electrons. The van der Waals surface area contributed by atoms with Crippen LogP contribution in [-0.2, 0) is 0 Å². The molecule has 0 unspecified atom stereocenters. The maximum atomic E-state index is 8.54. The first-order valence-electron chi connectivity index (χ1n) is 3.50. The Balaban J connectivity index is 2.88. The van der Waals surface area contributed by atoms with Gasteiger partial charge in [-0.1, -0.05) is 6.08 Å². The fourth-order valence-electron chi connectivity index (χ4n) is 0.782. The summed E-state index contributed by atoms with van der Waals surface area (Å²) in [4.78, 5) is 3.98. The number of hydrogen-bond donors (Lipinski definition) is 1. The molecule has 0 aliphatic rings. The smallest absolute Gasteiger partial charge is 0.0992 e. The van der Waals surface area contributed by atoms with Gasteiger partial charge in [-0.25, -0.2) is 0 Å². The number of aliphatic hydroxyl groups excluding tert-OH is 1. The van der Waals surface area contributed by atoms with E-state index in [1.54, 1.807) is 30.5 Å². The second-order valence-electron chi connectivity index (χ2n) is 2.17. The van der Waals surface area contributed by atoms with Gasteiger partial charge in [0.25, 0.3) is 0 Å². The Morgan fingerprint density at radius 2 is 2.50 bits per heavy atom. The van der Waals surface area contributed by atoms with Gasteiger partial charge in [0.05, 0.1) is 23.9 Å². The van der Waals surface area contributed by atoms with Crippen LogP contribution in [-0.4, -0.2) is 16.7 Å². The van der Waals surface area contributed by atoms with E-state index < -0.39 is 0 Å². The Kier molecular flexibility index (Phi) is 3.00. The van der Waals surface area contributed by atoms with E-state index in [0.717, 1.165) is 0 Å². The molecular weight excluding hydrogens is 152 g/mol. The molecule has 0 aliphatic heterocycles. The first-order valence-corrected chi connectivity index (χ1v) is 3.50. The Hall–Kier alpha value is -1.66. The molecule has 1 aromatic heterocycles. The average Bonchev–Trinajstić information content (AvgIpc) is 2.15. The van der Waals surface area contributed by atoms with E-state index in [1.807, 2.05) is 6.07 Å². The lowest BCUT2D eigenvalue weighted by Gasteiger charge is -1.91. The molecule has 0 aliphatic carbocycles. The number of nitrogens with zero attached hydrogens (tertiary/aromatic N) is 2. The van der Waals surface area contributed by atoms with E-state index >= 15 is 0 Å². The summed E-state index contributed by atoms with van der Waals surface area (Å²) in [6.07, 6.45) is 4.81. The van der Waals surface area contributed by atoms with Gasteiger partial charge in [-0.3, -0.25) is 4.98 Å². The van der Waals surface area contributed by atoms with Crippen LogP contribution in [0.4, 0.5) is 0 Å². The van der Waals surface area contributed by atoms with Crippen molar-refractivity contribution in [1.29, 1.82) is 5.26 Å². The molecule has 0 amide bonds. The van der Waals surface area contributed by atoms with Gasteiger partial charge in [0, 0.05) is 6.20 Å². The lowest BCUT2D eigenvalue weighted by molar-refractivity contribution is 0.343. The minimum absolute atomic E-state index is 0.0154. The van der Waals surface area contributed by atoms with E-state index in [0.29, 0.717) is 11.3 Å². The molecule has 3 nitrogen and oxygen atoms in total. The van der Waals surface area contributed by atoms with Crippen molar-refractivity contribution < 1.29 is 5.11 Å². The van der Waals surface area contributed by atoms with Crippen molar-refractivity contribution in [1.82, 2.24) is 4.98 Å². The summed E-state index contributed by atoms with van der Waals surface area (Å²) in [5, 5.41) is 17.0. The van der Waals surface area contributed by atoms with E-state index in [9.17, 15) is 0 Å². The van der Waals surface area contributed by atoms with Crippen LogP contribution in [0.3, 0.4) is 0 Å². The molecule has 0 saturated carbocycles. The molecule has 0 spiro atoms. The molecule has 1 rings (SSSR count). The highest BCUT2D eigenvalue weighted by molar-refractivity contribution is 5.47. The van der Waals surface area contributed by atoms with Crippen LogP contribution in [0.2, 0.25) is 0 Å². The fourth-order valence-corrected chi connectivity index (χ4v) is 0.782. The minimum Gasteiger partial charge on any atom is -0.392 e. The van der Waals surface area contributed by atoms with Crippen molar-refractivity contribution >= 4 is 6.08 Å². The zero-order valence-electron chi connectivity index (χ0n) is 6.44. The maximum Gasteiger partial charge on any atom is 0.0992 e. The van der Waals surface area contributed by atoms with Gasteiger partial charge >= 0.3 is 0 Å². The highest BCUT2D eigenvalue weighted by Crippen LogP contribution is 2.01. The zero-order valence-corrected chi connectivity index (χ0v) is 6.44. The summed E-state index contributed by atoms with van der Waals surface area (Å²) in [6, 6.07) is 5.30. The molecule has 1 aromatic rings. The monoisotopic (exact) mass is 160 g/mol. The lowest BCUT2D eigenvalue weighted by atomic mass is 10.2. The first kappa shape index (κ1) is 8.44. The third-order valence-electron chi connectivity index (χ3n) is 1.30. The molecular formula is C9H8N2O. The van der Waals surface area contributed by atoms with Gasteiger partial charge in [-0.05, 0) is 18.2 Å². The van der Waals surface area contributed by atoms with Gasteiger partial charge in [-0.2, -0.15) is 5.26 Å². The second kappa shape index (κ2) is 4.27. The summed E-state index contributed by atoms with van der Waals surface area (Å²) < 4.78 is 0. The van der Waals surface area contributed by atoms with Crippen LogP contribution in [0.15, 0.2) is 24.4 Å². The fraction of sp³-hybridized carbons (Fsp3) is 0.111. The summed E-state index contributed by atoms with van der Waals surface area (Å²) in [5.41, 5.74) is 1.26. The van der Waals surface area contributed by atoms with Gasteiger partial charge in [0.15, 0.2) is 0 Å². The van der Waals surface area contributed by atoms with Crippen LogP contribution in [0.25, 0.3) is 6.08 Å². The third kappa shape index (κ3) is 2.19. The van der Waals surface area contributed by atoms with Crippen molar-refractivity contribution in [2.45, 2.75) is 0 Å². The Morgan fingerprint density at radius 3 is 3.17 bits per heavy atom. The van der Waals surface area contributed by atoms with Crippen molar-refractivity contribution in [2.24, 2.45) is 0 Å². The average molecular weight is 160 g/mol. The summed E-state index contributed by atoms with van der Waals surface area (Å²) in [7, 11) is 0. The molecule has 0 aromatic carbocycles. The van der Waals surface area contributed by atoms with Crippen LogP contribution in [0.1, 0.15) is 11.3 Å². The summed E-state index contributed by atoms with van der Waals surface area (Å²) in [6.45, 7) is -0.0154. The quantitative estimate of drug-likeness (QED) is 0.701. The van der Waals surface area contributed by atoms with Crippen LogP contribution < -0.4 is 0 Å². The number of hydrogen-bond acceptors (Lipinski definition) is 3. The predicted octanol–water partition coefficient (Wildman–Crippen LogP) is 0.959. The summed E-state index contributed by atoms with van der Waals surface area (Å²) >= 11 is 0. The highest BCUT2D eigenvalue weighted by Gasteiger charge is 1.90. The molecule has 0 atom stereocenters. The molecule has 1 N–H and O–H groups in total. The molecule has 3 heteroatoms. The number of aromatic nitrogens is 1. The van der Waals surface area contributed by atoms with Crippen molar-refractivity contribution in [3.63, 3.8) is 0 Å². The second-order valence-corrected chi connectivity index (χ2v) is 2.17. The van der Waals surface area contributed by atoms with E-state index in [1.165, 1.54) is 0 Å². The minimum atomic E-state index is -0.0154. The molecule has 0 saturated heterocycles. The topological polar surface area (TPSA) is 56.9 Å².